The highest BCUT2D eigenvalue weighted by Crippen LogP contribution is 2.44. The van der Waals surface area contributed by atoms with E-state index in [1.165, 1.54) is 12.8 Å². The third-order valence-corrected chi connectivity index (χ3v) is 10.7. The minimum atomic E-state index is -0.379. The summed E-state index contributed by atoms with van der Waals surface area (Å²) in [6, 6.07) is 18.4. The summed E-state index contributed by atoms with van der Waals surface area (Å²) in [6.45, 7) is 3.36. The summed E-state index contributed by atoms with van der Waals surface area (Å²) in [5.74, 6) is 1.89. The Labute approximate surface area is 294 Å². The fraction of sp³-hybridized carbons (Fsp3) is 0.342. The number of thioether (sulfide) groups is 1. The second kappa shape index (κ2) is 13.9. The van der Waals surface area contributed by atoms with Crippen molar-refractivity contribution in [2.45, 2.75) is 57.3 Å². The fourth-order valence-corrected chi connectivity index (χ4v) is 8.45. The van der Waals surface area contributed by atoms with Gasteiger partial charge in [0.1, 0.15) is 11.4 Å². The number of nitrogens with zero attached hydrogens (tertiary/aromatic N) is 5. The van der Waals surface area contributed by atoms with Gasteiger partial charge in [0.15, 0.2) is 0 Å². The van der Waals surface area contributed by atoms with Crippen LogP contribution in [0.4, 0.5) is 0 Å². The summed E-state index contributed by atoms with van der Waals surface area (Å²) in [5, 5.41) is 22.8. The van der Waals surface area contributed by atoms with Gasteiger partial charge in [0.2, 0.25) is 0 Å². The molecular weight excluding hydrogens is 658 g/mol. The highest BCUT2D eigenvalue weighted by Gasteiger charge is 2.30. The average Bonchev–Trinajstić information content (AvgIpc) is 3.85. The number of aliphatic hydroxyl groups is 1. The fourth-order valence-electron chi connectivity index (χ4n) is 7.23. The van der Waals surface area contributed by atoms with Crippen molar-refractivity contribution in [3.05, 3.63) is 99.2 Å². The second-order valence-corrected chi connectivity index (χ2v) is 14.0. The van der Waals surface area contributed by atoms with E-state index in [2.05, 4.69) is 41.0 Å². The molecule has 254 valence electrons. The van der Waals surface area contributed by atoms with E-state index in [0.29, 0.717) is 41.6 Å². The van der Waals surface area contributed by atoms with Crippen molar-refractivity contribution in [1.82, 2.24) is 24.1 Å². The van der Waals surface area contributed by atoms with Crippen LogP contribution < -0.4 is 4.74 Å². The smallest absolute Gasteiger partial charge is 0.354 e. The van der Waals surface area contributed by atoms with Crippen LogP contribution in [-0.4, -0.2) is 48.9 Å². The normalized spacial score (nSPS) is 12.7. The molecule has 4 heterocycles. The Morgan fingerprint density at radius 2 is 1.88 bits per heavy atom. The number of aromatic nitrogens is 5. The van der Waals surface area contributed by atoms with Crippen LogP contribution in [0.1, 0.15) is 57.2 Å². The zero-order chi connectivity index (χ0) is 34.2. The molecule has 6 aromatic rings. The molecule has 1 aliphatic heterocycles. The number of aliphatic hydroxyl groups excluding tert-OH is 1. The lowest BCUT2D eigenvalue weighted by molar-refractivity contribution is 0.0589. The number of methoxy groups -OCH3 is 1. The van der Waals surface area contributed by atoms with E-state index in [1.807, 2.05) is 53.7 Å². The number of carbonyl (C=O) groups is 1. The lowest BCUT2D eigenvalue weighted by atomic mass is 9.97. The number of rotatable bonds is 12. The van der Waals surface area contributed by atoms with Gasteiger partial charge in [0.05, 0.1) is 42.3 Å². The van der Waals surface area contributed by atoms with Crippen LogP contribution in [0.5, 0.6) is 5.75 Å². The summed E-state index contributed by atoms with van der Waals surface area (Å²) >= 11 is 8.86. The summed E-state index contributed by atoms with van der Waals surface area (Å²) in [7, 11) is 5.25. The van der Waals surface area contributed by atoms with Crippen molar-refractivity contribution >= 4 is 51.0 Å². The zero-order valence-electron chi connectivity index (χ0n) is 28.3. The van der Waals surface area contributed by atoms with Gasteiger partial charge in [0, 0.05) is 65.4 Å². The number of halogens is 1. The minimum Gasteiger partial charge on any atom is -0.493 e. The van der Waals surface area contributed by atoms with Crippen molar-refractivity contribution in [1.29, 1.82) is 0 Å². The van der Waals surface area contributed by atoms with Gasteiger partial charge in [-0.15, -0.1) is 11.8 Å². The molecule has 0 saturated carbocycles. The number of fused-ring (bicyclic) bond motifs is 3. The molecule has 0 unspecified atom stereocenters. The molecule has 1 N–H and O–H groups in total. The van der Waals surface area contributed by atoms with E-state index in [4.69, 9.17) is 26.2 Å². The molecule has 11 heteroatoms. The maximum absolute atomic E-state index is 13.4. The molecule has 0 saturated heterocycles. The second-order valence-electron chi connectivity index (χ2n) is 12.6. The standard InChI is InChI=1S/C38H40ClN5O4S/c1-23-17-24-9-5-6-10-27(24)33(18-23)48-16-8-11-28-29-13-14-30(39)34(36(29)42(2)37(28)38(46)47-4)35-31(41-44-15-7-12-32(35)44)22-49-21-26-19-25(20-45)40-43(26)3/h5-6,9-10,13-14,17-19,45H,7-8,11-12,15-16,20-22H2,1-4H3. The molecule has 0 atom stereocenters. The van der Waals surface area contributed by atoms with E-state index >= 15 is 0 Å². The lowest BCUT2D eigenvalue weighted by Gasteiger charge is -2.12. The number of carbonyl (C=O) groups excluding carboxylic acids is 1. The van der Waals surface area contributed by atoms with Crippen molar-refractivity contribution in [3.63, 3.8) is 0 Å². The molecule has 0 spiro atoms. The van der Waals surface area contributed by atoms with Crippen molar-refractivity contribution < 1.29 is 19.4 Å². The molecule has 7 rings (SSSR count). The van der Waals surface area contributed by atoms with Crippen LogP contribution in [0.25, 0.3) is 32.8 Å². The topological polar surface area (TPSA) is 96.3 Å². The summed E-state index contributed by atoms with van der Waals surface area (Å²) in [4.78, 5) is 13.4. The molecule has 3 aromatic heterocycles. The number of benzene rings is 3. The molecule has 0 amide bonds. The van der Waals surface area contributed by atoms with Gasteiger partial charge in [-0.05, 0) is 67.3 Å². The van der Waals surface area contributed by atoms with Gasteiger partial charge in [-0.1, -0.05) is 48.0 Å². The predicted molar refractivity (Wildman–Crippen MR) is 195 cm³/mol. The van der Waals surface area contributed by atoms with Crippen LogP contribution in [0.3, 0.4) is 0 Å². The van der Waals surface area contributed by atoms with Crippen molar-refractivity contribution in [2.75, 3.05) is 13.7 Å². The number of esters is 1. The van der Waals surface area contributed by atoms with Crippen molar-refractivity contribution in [3.8, 4) is 16.9 Å². The molecule has 1 aliphatic rings. The van der Waals surface area contributed by atoms with Gasteiger partial charge < -0.3 is 19.1 Å². The molecule has 0 aliphatic carbocycles. The van der Waals surface area contributed by atoms with Crippen LogP contribution in [-0.2, 0) is 56.3 Å². The first-order chi connectivity index (χ1) is 23.8. The quantitative estimate of drug-likeness (QED) is 0.104. The first-order valence-corrected chi connectivity index (χ1v) is 18.1. The molecule has 49 heavy (non-hydrogen) atoms. The molecule has 3 aromatic carbocycles. The summed E-state index contributed by atoms with van der Waals surface area (Å²) < 4.78 is 17.6. The highest BCUT2D eigenvalue weighted by atomic mass is 35.5. The average molecular weight is 698 g/mol. The first-order valence-electron chi connectivity index (χ1n) is 16.6. The van der Waals surface area contributed by atoms with Crippen LogP contribution in [0.15, 0.2) is 54.6 Å². The van der Waals surface area contributed by atoms with Gasteiger partial charge in [-0.3, -0.25) is 9.36 Å². The monoisotopic (exact) mass is 697 g/mol. The number of hydrogen-bond acceptors (Lipinski definition) is 7. The summed E-state index contributed by atoms with van der Waals surface area (Å²) in [5.41, 5.74) is 9.31. The Bertz CT molecular complexity index is 2200. The van der Waals surface area contributed by atoms with Crippen LogP contribution >= 0.6 is 23.4 Å². The van der Waals surface area contributed by atoms with E-state index in [1.54, 1.807) is 11.8 Å². The first kappa shape index (κ1) is 33.3. The maximum atomic E-state index is 13.4. The Kier molecular flexibility index (Phi) is 9.46. The Morgan fingerprint density at radius 3 is 2.67 bits per heavy atom. The largest absolute Gasteiger partial charge is 0.493 e. The third-order valence-electron chi connectivity index (χ3n) is 9.43. The van der Waals surface area contributed by atoms with Crippen molar-refractivity contribution in [2.24, 2.45) is 14.1 Å². The maximum Gasteiger partial charge on any atom is 0.354 e. The molecule has 0 fully saturated rings. The van der Waals surface area contributed by atoms with Gasteiger partial charge >= 0.3 is 5.97 Å². The lowest BCUT2D eigenvalue weighted by Crippen LogP contribution is -2.11. The third kappa shape index (κ3) is 6.22. The molecule has 0 bridgehead atoms. The van der Waals surface area contributed by atoms with Gasteiger partial charge in [0.25, 0.3) is 0 Å². The zero-order valence-corrected chi connectivity index (χ0v) is 29.8. The SMILES string of the molecule is COC(=O)c1c(CCCOc2cc(C)cc3ccccc23)c2ccc(Cl)c(-c3c(CSCc4cc(CO)nn4C)nn4c3CCC4)c2n1C. The molecule has 0 radical (unpaired) electrons. The van der Waals surface area contributed by atoms with Gasteiger partial charge in [-0.25, -0.2) is 4.79 Å². The molecular formula is C38H40ClN5O4S. The van der Waals surface area contributed by atoms with Crippen LogP contribution in [0, 0.1) is 6.92 Å². The predicted octanol–water partition coefficient (Wildman–Crippen LogP) is 7.56. The summed E-state index contributed by atoms with van der Waals surface area (Å²) in [6.07, 6.45) is 3.27. The van der Waals surface area contributed by atoms with Gasteiger partial charge in [-0.2, -0.15) is 10.2 Å². The number of hydrogen-bond donors (Lipinski definition) is 1. The Morgan fingerprint density at radius 1 is 1.04 bits per heavy atom. The molecule has 9 nitrogen and oxygen atoms in total. The minimum absolute atomic E-state index is 0.0813. The number of ether oxygens (including phenoxy) is 2. The Hall–Kier alpha value is -4.25. The Balaban J connectivity index is 1.22. The number of aryl methyl sites for hydroxylation is 5. The van der Waals surface area contributed by atoms with E-state index < -0.39 is 0 Å². The highest BCUT2D eigenvalue weighted by molar-refractivity contribution is 7.97. The van der Waals surface area contributed by atoms with E-state index in [0.717, 1.165) is 86.2 Å². The van der Waals surface area contributed by atoms with Crippen LogP contribution in [0.2, 0.25) is 5.02 Å². The van der Waals surface area contributed by atoms with E-state index in [9.17, 15) is 9.90 Å². The van der Waals surface area contributed by atoms with E-state index in [-0.39, 0.29) is 12.6 Å².